The fourth-order valence-corrected chi connectivity index (χ4v) is 3.44. The van der Waals surface area contributed by atoms with Crippen LogP contribution in [0.2, 0.25) is 0 Å². The van der Waals surface area contributed by atoms with E-state index in [-0.39, 0.29) is 11.9 Å². The van der Waals surface area contributed by atoms with E-state index in [1.807, 2.05) is 18.7 Å². The van der Waals surface area contributed by atoms with Crippen LogP contribution in [0.5, 0.6) is 0 Å². The Kier molecular flexibility index (Phi) is 4.32. The predicted molar refractivity (Wildman–Crippen MR) is 71.9 cm³/mol. The van der Waals surface area contributed by atoms with Gasteiger partial charge in [-0.1, -0.05) is 20.3 Å². The van der Waals surface area contributed by atoms with Crippen molar-refractivity contribution in [3.05, 3.63) is 0 Å². The Morgan fingerprint density at radius 3 is 2.53 bits per heavy atom. The maximum atomic E-state index is 12.3. The summed E-state index contributed by atoms with van der Waals surface area (Å²) < 4.78 is 0. The number of nitrogens with one attached hydrogen (secondary N) is 1. The van der Waals surface area contributed by atoms with Crippen LogP contribution in [0.25, 0.3) is 0 Å². The molecule has 2 aliphatic rings. The number of carboxylic acid groups (broad SMARTS) is 1. The van der Waals surface area contributed by atoms with E-state index in [2.05, 4.69) is 5.32 Å². The van der Waals surface area contributed by atoms with Crippen LogP contribution < -0.4 is 5.32 Å². The van der Waals surface area contributed by atoms with Crippen LogP contribution in [-0.2, 0) is 4.79 Å². The minimum Gasteiger partial charge on any atom is -0.480 e. The number of hydrogen-bond acceptors (Lipinski definition) is 2. The molecule has 2 N–H and O–H groups in total. The number of carbonyl (C=O) groups excluding carboxylic acids is 1. The summed E-state index contributed by atoms with van der Waals surface area (Å²) in [5.74, 6) is -0.434. The van der Waals surface area contributed by atoms with E-state index in [1.165, 1.54) is 19.3 Å². The van der Waals surface area contributed by atoms with Gasteiger partial charge in [0.05, 0.1) is 0 Å². The molecule has 0 aromatic carbocycles. The Bertz CT molecular complexity index is 357. The largest absolute Gasteiger partial charge is 0.480 e. The Hall–Kier alpha value is -1.26. The second kappa shape index (κ2) is 5.80. The van der Waals surface area contributed by atoms with Crippen LogP contribution >= 0.6 is 0 Å². The first-order chi connectivity index (χ1) is 9.00. The molecule has 0 spiro atoms. The number of fused-ring (bicyclic) bond motifs is 1. The average molecular weight is 268 g/mol. The Labute approximate surface area is 114 Å². The lowest BCUT2D eigenvalue weighted by Crippen LogP contribution is -2.55. The van der Waals surface area contributed by atoms with E-state index in [9.17, 15) is 9.59 Å². The van der Waals surface area contributed by atoms with Gasteiger partial charge in [0.2, 0.25) is 0 Å². The molecule has 3 atom stereocenters. The number of rotatable bonds is 3. The summed E-state index contributed by atoms with van der Waals surface area (Å²) in [4.78, 5) is 25.3. The van der Waals surface area contributed by atoms with Gasteiger partial charge >= 0.3 is 12.0 Å². The van der Waals surface area contributed by atoms with Crippen molar-refractivity contribution in [2.45, 2.75) is 58.0 Å². The van der Waals surface area contributed by atoms with E-state index in [1.54, 1.807) is 0 Å². The van der Waals surface area contributed by atoms with Gasteiger partial charge in [0.1, 0.15) is 6.04 Å². The van der Waals surface area contributed by atoms with E-state index >= 15 is 0 Å². The highest BCUT2D eigenvalue weighted by Gasteiger charge is 2.38. The molecule has 1 aliphatic carbocycles. The smallest absolute Gasteiger partial charge is 0.326 e. The molecule has 2 amide bonds. The van der Waals surface area contributed by atoms with Crippen LogP contribution in [0.4, 0.5) is 4.79 Å². The molecule has 1 saturated heterocycles. The Morgan fingerprint density at radius 2 is 1.89 bits per heavy atom. The van der Waals surface area contributed by atoms with Crippen LogP contribution in [0.15, 0.2) is 0 Å². The molecule has 5 nitrogen and oxygen atoms in total. The van der Waals surface area contributed by atoms with Crippen LogP contribution in [0, 0.1) is 11.8 Å². The van der Waals surface area contributed by atoms with Gasteiger partial charge in [0.15, 0.2) is 0 Å². The van der Waals surface area contributed by atoms with Crippen molar-refractivity contribution in [1.29, 1.82) is 0 Å². The Morgan fingerprint density at radius 1 is 1.21 bits per heavy atom. The fraction of sp³-hybridized carbons (Fsp3) is 0.857. The summed E-state index contributed by atoms with van der Waals surface area (Å²) in [5, 5.41) is 11.8. The topological polar surface area (TPSA) is 69.6 Å². The molecule has 0 radical (unpaired) electrons. The maximum Gasteiger partial charge on any atom is 0.326 e. The van der Waals surface area contributed by atoms with Crippen LogP contribution in [-0.4, -0.2) is 40.6 Å². The lowest BCUT2D eigenvalue weighted by Gasteiger charge is -2.38. The second-order valence-corrected chi connectivity index (χ2v) is 6.10. The van der Waals surface area contributed by atoms with Crippen LogP contribution in [0.3, 0.4) is 0 Å². The SMILES string of the molecule is CC(C)[C@@H](NC(=O)N1CCCC2CCCC21)C(=O)O. The summed E-state index contributed by atoms with van der Waals surface area (Å²) >= 11 is 0. The van der Waals surface area contributed by atoms with Gasteiger partial charge in [-0.3, -0.25) is 0 Å². The lowest BCUT2D eigenvalue weighted by molar-refractivity contribution is -0.140. The molecule has 2 fully saturated rings. The molecular weight excluding hydrogens is 244 g/mol. The van der Waals surface area contributed by atoms with Crippen molar-refractivity contribution in [3.63, 3.8) is 0 Å². The Balaban J connectivity index is 2.00. The summed E-state index contributed by atoms with van der Waals surface area (Å²) in [6.45, 7) is 4.39. The van der Waals surface area contributed by atoms with E-state index in [0.717, 1.165) is 19.4 Å². The first-order valence-electron chi connectivity index (χ1n) is 7.30. The third-order valence-electron chi connectivity index (χ3n) is 4.47. The molecule has 19 heavy (non-hydrogen) atoms. The number of piperidine rings is 1. The number of carbonyl (C=O) groups is 2. The number of carboxylic acids is 1. The summed E-state index contributed by atoms with van der Waals surface area (Å²) in [6, 6.07) is -0.665. The minimum atomic E-state index is -0.955. The first kappa shape index (κ1) is 14.2. The van der Waals surface area contributed by atoms with Crippen molar-refractivity contribution in [2.24, 2.45) is 11.8 Å². The molecule has 0 aromatic heterocycles. The normalized spacial score (nSPS) is 28.1. The predicted octanol–water partition coefficient (Wildman–Crippen LogP) is 2.07. The van der Waals surface area contributed by atoms with Gasteiger partial charge in [-0.05, 0) is 37.5 Å². The molecule has 1 heterocycles. The van der Waals surface area contributed by atoms with E-state index < -0.39 is 12.0 Å². The number of nitrogens with zero attached hydrogens (tertiary/aromatic N) is 1. The number of aliphatic carboxylic acids is 1. The molecule has 1 aliphatic heterocycles. The number of urea groups is 1. The summed E-state index contributed by atoms with van der Waals surface area (Å²) in [7, 11) is 0. The number of hydrogen-bond donors (Lipinski definition) is 2. The van der Waals surface area contributed by atoms with Gasteiger partial charge in [0, 0.05) is 12.6 Å². The highest BCUT2D eigenvalue weighted by atomic mass is 16.4. The van der Waals surface area contributed by atoms with Gasteiger partial charge in [0.25, 0.3) is 0 Å². The van der Waals surface area contributed by atoms with Crippen molar-refractivity contribution >= 4 is 12.0 Å². The maximum absolute atomic E-state index is 12.3. The fourth-order valence-electron chi connectivity index (χ4n) is 3.44. The van der Waals surface area contributed by atoms with E-state index in [0.29, 0.717) is 12.0 Å². The highest BCUT2D eigenvalue weighted by Crippen LogP contribution is 2.36. The zero-order valence-corrected chi connectivity index (χ0v) is 11.8. The van der Waals surface area contributed by atoms with Gasteiger partial charge in [-0.2, -0.15) is 0 Å². The molecule has 2 unspecified atom stereocenters. The highest BCUT2D eigenvalue weighted by molar-refractivity contribution is 5.83. The van der Waals surface area contributed by atoms with Crippen molar-refractivity contribution in [2.75, 3.05) is 6.54 Å². The summed E-state index contributed by atoms with van der Waals surface area (Å²) in [5.41, 5.74) is 0. The summed E-state index contributed by atoms with van der Waals surface area (Å²) in [6.07, 6.45) is 5.71. The zero-order valence-electron chi connectivity index (χ0n) is 11.8. The van der Waals surface area contributed by atoms with Crippen LogP contribution in [0.1, 0.15) is 46.0 Å². The van der Waals surface area contributed by atoms with Gasteiger partial charge < -0.3 is 15.3 Å². The number of amides is 2. The zero-order chi connectivity index (χ0) is 14.0. The molecule has 2 rings (SSSR count). The lowest BCUT2D eigenvalue weighted by atomic mass is 9.92. The minimum absolute atomic E-state index is 0.106. The molecule has 0 bridgehead atoms. The molecule has 0 aromatic rings. The average Bonchev–Trinajstić information content (AvgIpc) is 2.82. The standard InChI is InChI=1S/C14H24N2O3/c1-9(2)12(13(17)18)15-14(19)16-8-4-6-10-5-3-7-11(10)16/h9-12H,3-8H2,1-2H3,(H,15,19)(H,17,18)/t10?,11?,12-/m1/s1. The second-order valence-electron chi connectivity index (χ2n) is 6.10. The van der Waals surface area contributed by atoms with Crippen molar-refractivity contribution in [1.82, 2.24) is 10.2 Å². The van der Waals surface area contributed by atoms with E-state index in [4.69, 9.17) is 5.11 Å². The quantitative estimate of drug-likeness (QED) is 0.823. The molecular formula is C14H24N2O3. The van der Waals surface area contributed by atoms with Gasteiger partial charge in [-0.25, -0.2) is 9.59 Å². The monoisotopic (exact) mass is 268 g/mol. The van der Waals surface area contributed by atoms with Crippen molar-refractivity contribution < 1.29 is 14.7 Å². The molecule has 5 heteroatoms. The third kappa shape index (κ3) is 3.01. The van der Waals surface area contributed by atoms with Crippen molar-refractivity contribution in [3.8, 4) is 0 Å². The first-order valence-corrected chi connectivity index (χ1v) is 7.30. The molecule has 108 valence electrons. The third-order valence-corrected chi connectivity index (χ3v) is 4.47. The number of likely N-dealkylation sites (tertiary alicyclic amines) is 1. The molecule has 1 saturated carbocycles. The van der Waals surface area contributed by atoms with Gasteiger partial charge in [-0.15, -0.1) is 0 Å².